The van der Waals surface area contributed by atoms with Crippen LogP contribution in [-0.2, 0) is 14.6 Å². The molecule has 94 valence electrons. The molecule has 0 aliphatic rings. The standard InChI is InChI=1S/C11H13ClO4S/c1-7(2)16-11(13)8-4-5-9(12)10(6-8)17(3,14)15/h4-7H,1-3H3. The summed E-state index contributed by atoms with van der Waals surface area (Å²) in [6, 6.07) is 4.03. The Kier molecular flexibility index (Phi) is 4.16. The number of carbonyl (C=O) groups is 1. The zero-order chi connectivity index (χ0) is 13.2. The number of esters is 1. The molecule has 6 heteroatoms. The number of carbonyl (C=O) groups excluding carboxylic acids is 1. The number of rotatable bonds is 3. The summed E-state index contributed by atoms with van der Waals surface area (Å²) < 4.78 is 27.8. The largest absolute Gasteiger partial charge is 0.459 e. The van der Waals surface area contributed by atoms with Gasteiger partial charge in [0.15, 0.2) is 9.84 Å². The lowest BCUT2D eigenvalue weighted by Gasteiger charge is -2.09. The number of hydrogen-bond acceptors (Lipinski definition) is 4. The minimum Gasteiger partial charge on any atom is -0.459 e. The lowest BCUT2D eigenvalue weighted by Crippen LogP contribution is -2.12. The predicted molar refractivity (Wildman–Crippen MR) is 65.1 cm³/mol. The van der Waals surface area contributed by atoms with Crippen LogP contribution in [0.2, 0.25) is 5.02 Å². The van der Waals surface area contributed by atoms with Crippen LogP contribution in [0.5, 0.6) is 0 Å². The molecule has 0 atom stereocenters. The maximum absolute atomic E-state index is 11.6. The van der Waals surface area contributed by atoms with Crippen LogP contribution in [0, 0.1) is 0 Å². The highest BCUT2D eigenvalue weighted by atomic mass is 35.5. The van der Waals surface area contributed by atoms with Gasteiger partial charge >= 0.3 is 5.97 Å². The van der Waals surface area contributed by atoms with Crippen LogP contribution in [0.25, 0.3) is 0 Å². The Morgan fingerprint density at radius 3 is 2.41 bits per heavy atom. The highest BCUT2D eigenvalue weighted by molar-refractivity contribution is 7.90. The molecule has 0 heterocycles. The van der Waals surface area contributed by atoms with Gasteiger partial charge in [-0.15, -0.1) is 0 Å². The van der Waals surface area contributed by atoms with E-state index in [0.717, 1.165) is 6.26 Å². The van der Waals surface area contributed by atoms with Crippen molar-refractivity contribution < 1.29 is 17.9 Å². The second-order valence-electron chi connectivity index (χ2n) is 3.87. The van der Waals surface area contributed by atoms with E-state index in [4.69, 9.17) is 16.3 Å². The van der Waals surface area contributed by atoms with Gasteiger partial charge in [0.1, 0.15) is 0 Å². The van der Waals surface area contributed by atoms with E-state index in [0.29, 0.717) is 0 Å². The summed E-state index contributed by atoms with van der Waals surface area (Å²) in [5.41, 5.74) is 0.170. The number of sulfone groups is 1. The van der Waals surface area contributed by atoms with Crippen LogP contribution in [0.15, 0.2) is 23.1 Å². The monoisotopic (exact) mass is 276 g/mol. The highest BCUT2D eigenvalue weighted by Crippen LogP contribution is 2.23. The number of benzene rings is 1. The lowest BCUT2D eigenvalue weighted by atomic mass is 10.2. The van der Waals surface area contributed by atoms with Crippen molar-refractivity contribution >= 4 is 27.4 Å². The van der Waals surface area contributed by atoms with E-state index in [1.807, 2.05) is 0 Å². The Bertz CT molecular complexity index is 534. The van der Waals surface area contributed by atoms with Gasteiger partial charge in [0.2, 0.25) is 0 Å². The Morgan fingerprint density at radius 1 is 1.35 bits per heavy atom. The minimum atomic E-state index is -3.46. The Hall–Kier alpha value is -1.07. The first-order valence-corrected chi connectivity index (χ1v) is 7.19. The van der Waals surface area contributed by atoms with Gasteiger partial charge < -0.3 is 4.74 Å². The molecule has 0 aromatic heterocycles. The van der Waals surface area contributed by atoms with E-state index in [1.165, 1.54) is 18.2 Å². The van der Waals surface area contributed by atoms with Crippen LogP contribution in [0.3, 0.4) is 0 Å². The number of hydrogen-bond donors (Lipinski definition) is 0. The first-order chi connectivity index (χ1) is 7.71. The highest BCUT2D eigenvalue weighted by Gasteiger charge is 2.17. The van der Waals surface area contributed by atoms with Crippen molar-refractivity contribution in [3.63, 3.8) is 0 Å². The fourth-order valence-corrected chi connectivity index (χ4v) is 2.50. The SMILES string of the molecule is CC(C)OC(=O)c1ccc(Cl)c(S(C)(=O)=O)c1. The van der Waals surface area contributed by atoms with Crippen molar-refractivity contribution in [3.05, 3.63) is 28.8 Å². The summed E-state index contributed by atoms with van der Waals surface area (Å²) in [6.07, 6.45) is 0.769. The predicted octanol–water partition coefficient (Wildman–Crippen LogP) is 2.31. The minimum absolute atomic E-state index is 0.0719. The summed E-state index contributed by atoms with van der Waals surface area (Å²) in [7, 11) is -3.46. The van der Waals surface area contributed by atoms with E-state index in [-0.39, 0.29) is 21.6 Å². The van der Waals surface area contributed by atoms with Crippen molar-refractivity contribution in [1.82, 2.24) is 0 Å². The van der Waals surface area contributed by atoms with Gasteiger partial charge in [-0.3, -0.25) is 0 Å². The van der Waals surface area contributed by atoms with Crippen molar-refractivity contribution in [2.45, 2.75) is 24.8 Å². The molecule has 4 nitrogen and oxygen atoms in total. The van der Waals surface area contributed by atoms with Gasteiger partial charge in [0, 0.05) is 6.26 Å². The topological polar surface area (TPSA) is 60.4 Å². The van der Waals surface area contributed by atoms with Crippen molar-refractivity contribution in [1.29, 1.82) is 0 Å². The van der Waals surface area contributed by atoms with Crippen molar-refractivity contribution in [2.75, 3.05) is 6.26 Å². The van der Waals surface area contributed by atoms with Gasteiger partial charge in [0.05, 0.1) is 21.6 Å². The van der Waals surface area contributed by atoms with Crippen LogP contribution in [0.1, 0.15) is 24.2 Å². The molecule has 0 saturated carbocycles. The summed E-state index contributed by atoms with van der Waals surface area (Å²) in [5, 5.41) is 0.0913. The molecule has 0 saturated heterocycles. The molecule has 0 amide bonds. The third-order valence-electron chi connectivity index (χ3n) is 1.91. The molecular weight excluding hydrogens is 264 g/mol. The first kappa shape index (κ1) is 14.0. The fraction of sp³-hybridized carbons (Fsp3) is 0.364. The maximum atomic E-state index is 11.6. The van der Waals surface area contributed by atoms with Crippen LogP contribution in [0.4, 0.5) is 0 Å². The molecule has 0 spiro atoms. The molecule has 0 aliphatic carbocycles. The number of halogens is 1. The Morgan fingerprint density at radius 2 is 1.94 bits per heavy atom. The molecule has 1 rings (SSSR count). The average molecular weight is 277 g/mol. The average Bonchev–Trinajstić information content (AvgIpc) is 2.15. The first-order valence-electron chi connectivity index (χ1n) is 4.92. The smallest absolute Gasteiger partial charge is 0.338 e. The van der Waals surface area contributed by atoms with Gasteiger partial charge in [-0.2, -0.15) is 0 Å². The van der Waals surface area contributed by atoms with Gasteiger partial charge in [0.25, 0.3) is 0 Å². The van der Waals surface area contributed by atoms with Crippen LogP contribution < -0.4 is 0 Å². The number of ether oxygens (including phenoxy) is 1. The van der Waals surface area contributed by atoms with Crippen molar-refractivity contribution in [3.8, 4) is 0 Å². The van der Waals surface area contributed by atoms with Gasteiger partial charge in [-0.05, 0) is 32.0 Å². The molecule has 0 N–H and O–H groups in total. The summed E-state index contributed by atoms with van der Waals surface area (Å²) in [4.78, 5) is 11.5. The molecule has 1 aromatic carbocycles. The fourth-order valence-electron chi connectivity index (χ4n) is 1.20. The second-order valence-corrected chi connectivity index (χ2v) is 6.26. The Balaban J connectivity index is 3.18. The molecule has 0 radical (unpaired) electrons. The zero-order valence-corrected chi connectivity index (χ0v) is 11.3. The molecule has 17 heavy (non-hydrogen) atoms. The second kappa shape index (κ2) is 5.06. The van der Waals surface area contributed by atoms with E-state index in [2.05, 4.69) is 0 Å². The molecule has 0 aliphatic heterocycles. The quantitative estimate of drug-likeness (QED) is 0.795. The molecular formula is C11H13ClO4S. The normalized spacial score (nSPS) is 11.6. The van der Waals surface area contributed by atoms with E-state index in [1.54, 1.807) is 13.8 Å². The molecule has 0 fully saturated rings. The van der Waals surface area contributed by atoms with E-state index in [9.17, 15) is 13.2 Å². The molecule has 0 bridgehead atoms. The summed E-state index contributed by atoms with van der Waals surface area (Å²) in [5.74, 6) is -0.568. The van der Waals surface area contributed by atoms with Crippen molar-refractivity contribution in [2.24, 2.45) is 0 Å². The van der Waals surface area contributed by atoms with E-state index >= 15 is 0 Å². The zero-order valence-electron chi connectivity index (χ0n) is 9.73. The van der Waals surface area contributed by atoms with Crippen LogP contribution in [-0.4, -0.2) is 26.7 Å². The Labute approximate surface area is 105 Å². The van der Waals surface area contributed by atoms with Gasteiger partial charge in [-0.25, -0.2) is 13.2 Å². The molecule has 0 unspecified atom stereocenters. The third kappa shape index (κ3) is 3.71. The van der Waals surface area contributed by atoms with Gasteiger partial charge in [-0.1, -0.05) is 11.6 Å². The summed E-state index contributed by atoms with van der Waals surface area (Å²) in [6.45, 7) is 3.43. The molecule has 1 aromatic rings. The third-order valence-corrected chi connectivity index (χ3v) is 3.49. The summed E-state index contributed by atoms with van der Waals surface area (Å²) >= 11 is 5.76. The lowest BCUT2D eigenvalue weighted by molar-refractivity contribution is 0.0377. The van der Waals surface area contributed by atoms with E-state index < -0.39 is 15.8 Å². The maximum Gasteiger partial charge on any atom is 0.338 e. The van der Waals surface area contributed by atoms with Crippen LogP contribution >= 0.6 is 11.6 Å².